The number of aryl methyl sites for hydroxylation is 1. The zero-order valence-electron chi connectivity index (χ0n) is 6.67. The summed E-state index contributed by atoms with van der Waals surface area (Å²) in [6, 6.07) is 8.41. The molecular weight excluding hydrogens is 243 g/mol. The molecule has 0 radical (unpaired) electrons. The Labute approximate surface area is 78.2 Å². The van der Waals surface area contributed by atoms with E-state index in [0.29, 0.717) is 0 Å². The van der Waals surface area contributed by atoms with Gasteiger partial charge >= 0.3 is 34.8 Å². The van der Waals surface area contributed by atoms with Crippen molar-refractivity contribution in [2.45, 2.75) is 13.3 Å². The second-order valence-corrected chi connectivity index (χ2v) is 2.94. The van der Waals surface area contributed by atoms with Gasteiger partial charge in [-0.1, -0.05) is 13.3 Å². The molecule has 1 aromatic rings. The molecule has 0 spiro atoms. The Morgan fingerprint density at radius 3 is 1.92 bits per heavy atom. The van der Waals surface area contributed by atoms with Gasteiger partial charge in [0.2, 0.25) is 0 Å². The van der Waals surface area contributed by atoms with Crippen LogP contribution in [0.5, 0.6) is 0 Å². The average Bonchev–Trinajstić information content (AvgIpc) is 2.58. The fourth-order valence-corrected chi connectivity index (χ4v) is 0.732. The van der Waals surface area contributed by atoms with Crippen LogP contribution in [0.15, 0.2) is 24.3 Å². The zero-order chi connectivity index (χ0) is 9.23. The third-order valence-electron chi connectivity index (χ3n) is 1.21. The molecule has 0 saturated carbocycles. The fourth-order valence-electron chi connectivity index (χ4n) is 0.663. The molecule has 3 heteroatoms. The van der Waals surface area contributed by atoms with Gasteiger partial charge in [0.1, 0.15) is 0 Å². The number of rotatable bonds is 1. The maximum atomic E-state index is 9.05. The summed E-state index contributed by atoms with van der Waals surface area (Å²) in [5, 5.41) is 0. The van der Waals surface area contributed by atoms with Crippen LogP contribution in [0.1, 0.15) is 12.5 Å². The van der Waals surface area contributed by atoms with E-state index >= 15 is 0 Å². The molecule has 0 aromatic heterocycles. The van der Waals surface area contributed by atoms with E-state index in [9.17, 15) is 0 Å². The molecule has 0 aliphatic heterocycles. The third-order valence-corrected chi connectivity index (χ3v) is 1.54. The molecule has 0 atom stereocenters. The molecule has 0 N–H and O–H groups in total. The Morgan fingerprint density at radius 1 is 1.25 bits per heavy atom. The molecule has 2 nitrogen and oxygen atoms in total. The first-order valence-electron chi connectivity index (χ1n) is 3.38. The van der Waals surface area contributed by atoms with Crippen LogP contribution >= 0.6 is 0 Å². The van der Waals surface area contributed by atoms with Crippen molar-refractivity contribution in [1.82, 2.24) is 0 Å². The number of hydrogen-bond acceptors (Lipinski definition) is 2. The summed E-state index contributed by atoms with van der Waals surface area (Å²) in [5.74, 6) is 0. The summed E-state index contributed by atoms with van der Waals surface area (Å²) >= 11 is -0.704. The SMILES string of the molecule is CC[c-]1cccc1.O=[C]=[Rh]=[C]=O. The summed E-state index contributed by atoms with van der Waals surface area (Å²) in [7, 11) is 0. The van der Waals surface area contributed by atoms with E-state index in [1.165, 1.54) is 14.5 Å². The van der Waals surface area contributed by atoms with Crippen LogP contribution in [0.25, 0.3) is 0 Å². The van der Waals surface area contributed by atoms with Crippen molar-refractivity contribution in [3.63, 3.8) is 0 Å². The first-order chi connectivity index (χ1) is 5.85. The van der Waals surface area contributed by atoms with Crippen molar-refractivity contribution in [2.24, 2.45) is 0 Å². The summed E-state index contributed by atoms with van der Waals surface area (Å²) in [6.45, 7) is 2.16. The molecule has 0 aliphatic rings. The quantitative estimate of drug-likeness (QED) is 0.555. The Bertz CT molecular complexity index is 285. The molecular formula is C9H9O2Rh-. The van der Waals surface area contributed by atoms with E-state index in [1.54, 1.807) is 0 Å². The van der Waals surface area contributed by atoms with Crippen molar-refractivity contribution in [1.29, 1.82) is 0 Å². The normalized spacial score (nSPS) is 7.42. The van der Waals surface area contributed by atoms with Crippen LogP contribution in [0.4, 0.5) is 0 Å². The molecule has 0 bridgehead atoms. The van der Waals surface area contributed by atoms with E-state index in [-0.39, 0.29) is 0 Å². The summed E-state index contributed by atoms with van der Waals surface area (Å²) in [5.41, 5.74) is 1.43. The van der Waals surface area contributed by atoms with Gasteiger partial charge in [0.15, 0.2) is 0 Å². The van der Waals surface area contributed by atoms with Crippen LogP contribution in [0.2, 0.25) is 0 Å². The van der Waals surface area contributed by atoms with Gasteiger partial charge in [-0.15, -0.1) is 0 Å². The molecule has 0 saturated heterocycles. The summed E-state index contributed by atoms with van der Waals surface area (Å²) < 4.78 is 2.83. The maximum absolute atomic E-state index is 9.05. The van der Waals surface area contributed by atoms with Crippen LogP contribution in [-0.2, 0) is 32.2 Å². The zero-order valence-corrected chi connectivity index (χ0v) is 8.31. The first kappa shape index (κ1) is 11.1. The average molecular weight is 252 g/mol. The molecule has 12 heavy (non-hydrogen) atoms. The molecule has 0 heterocycles. The van der Waals surface area contributed by atoms with Crippen LogP contribution in [-0.4, -0.2) is 8.95 Å². The second-order valence-electron chi connectivity index (χ2n) is 1.87. The number of hydrogen-bond donors (Lipinski definition) is 0. The van der Waals surface area contributed by atoms with Crippen molar-refractivity contribution in [3.8, 4) is 0 Å². The van der Waals surface area contributed by atoms with Crippen molar-refractivity contribution >= 4 is 8.95 Å². The van der Waals surface area contributed by atoms with E-state index in [0.717, 1.165) is 6.42 Å². The van der Waals surface area contributed by atoms with Crippen LogP contribution in [0, 0.1) is 0 Å². The standard InChI is InChI=1S/C7H9.2CO.Rh/c1-2-7-5-3-4-6-7;2*1-2;/h3-6H,2H2,1H3;;;/q-1;;;. The summed E-state index contributed by atoms with van der Waals surface area (Å²) in [6.07, 6.45) is 1.16. The Balaban J connectivity index is 0.000000217. The second kappa shape index (κ2) is 8.23. The van der Waals surface area contributed by atoms with E-state index in [1.807, 2.05) is 0 Å². The minimum atomic E-state index is -0.704. The van der Waals surface area contributed by atoms with Crippen molar-refractivity contribution in [2.75, 3.05) is 0 Å². The minimum absolute atomic E-state index is 0.704. The summed E-state index contributed by atoms with van der Waals surface area (Å²) in [4.78, 5) is 18.1. The molecule has 1 aromatic carbocycles. The van der Waals surface area contributed by atoms with Gasteiger partial charge in [0, 0.05) is 0 Å². The predicted molar refractivity (Wildman–Crippen MR) is 42.8 cm³/mol. The molecule has 0 unspecified atom stereocenters. The van der Waals surface area contributed by atoms with Gasteiger partial charge in [0.05, 0.1) is 0 Å². The molecule has 0 amide bonds. The van der Waals surface area contributed by atoms with Gasteiger partial charge in [0.25, 0.3) is 0 Å². The molecule has 1 rings (SSSR count). The van der Waals surface area contributed by atoms with Crippen LogP contribution in [0.3, 0.4) is 0 Å². The Kier molecular flexibility index (Phi) is 7.64. The van der Waals surface area contributed by atoms with E-state index in [2.05, 4.69) is 31.2 Å². The topological polar surface area (TPSA) is 34.1 Å². The van der Waals surface area contributed by atoms with Gasteiger partial charge in [-0.2, -0.15) is 17.7 Å². The molecule has 0 fully saturated rings. The van der Waals surface area contributed by atoms with E-state index in [4.69, 9.17) is 9.59 Å². The van der Waals surface area contributed by atoms with Gasteiger partial charge < -0.3 is 0 Å². The monoisotopic (exact) mass is 252 g/mol. The van der Waals surface area contributed by atoms with Gasteiger partial charge in [-0.05, 0) is 0 Å². The van der Waals surface area contributed by atoms with Crippen molar-refractivity contribution in [3.05, 3.63) is 29.8 Å². The Morgan fingerprint density at radius 2 is 1.75 bits per heavy atom. The van der Waals surface area contributed by atoms with Crippen LogP contribution < -0.4 is 0 Å². The van der Waals surface area contributed by atoms with Gasteiger partial charge in [-0.25, -0.2) is 12.1 Å². The fraction of sp³-hybridized carbons (Fsp3) is 0.222. The Hall–Kier alpha value is -0.867. The van der Waals surface area contributed by atoms with Gasteiger partial charge in [-0.3, -0.25) is 0 Å². The molecule has 67 valence electrons. The third kappa shape index (κ3) is 5.88. The predicted octanol–water partition coefficient (Wildman–Crippen LogP) is 1.17. The first-order valence-corrected chi connectivity index (χ1v) is 5.02. The van der Waals surface area contributed by atoms with Crippen molar-refractivity contribution < 1.29 is 25.8 Å². The number of carbonyl (C=O) groups excluding carboxylic acids is 2. The van der Waals surface area contributed by atoms with E-state index < -0.39 is 16.2 Å². The molecule has 0 aliphatic carbocycles.